The van der Waals surface area contributed by atoms with Crippen molar-refractivity contribution in [1.82, 2.24) is 15.1 Å². The molecule has 1 spiro atoms. The van der Waals surface area contributed by atoms with Crippen molar-refractivity contribution in [2.24, 2.45) is 0 Å². The lowest BCUT2D eigenvalue weighted by Gasteiger charge is -2.21. The van der Waals surface area contributed by atoms with Crippen LogP contribution in [0.15, 0.2) is 30.3 Å². The average Bonchev–Trinajstić information content (AvgIpc) is 3.36. The van der Waals surface area contributed by atoms with Gasteiger partial charge < -0.3 is 14.8 Å². The van der Waals surface area contributed by atoms with Crippen LogP contribution in [-0.4, -0.2) is 40.7 Å². The van der Waals surface area contributed by atoms with Crippen molar-refractivity contribution >= 4 is 5.91 Å². The molecule has 4 rings (SSSR count). The van der Waals surface area contributed by atoms with Gasteiger partial charge in [0, 0.05) is 30.6 Å². The maximum atomic E-state index is 12.4. The molecule has 2 aliphatic rings. The molecule has 0 radical (unpaired) electrons. The van der Waals surface area contributed by atoms with Gasteiger partial charge in [0.05, 0.1) is 18.8 Å². The summed E-state index contributed by atoms with van der Waals surface area (Å²) in [5.41, 5.74) is 3.92. The van der Waals surface area contributed by atoms with E-state index in [1.807, 2.05) is 42.8 Å². The smallest absolute Gasteiger partial charge is 0.251 e. The molecular formula is C21H27N3O3. The van der Waals surface area contributed by atoms with E-state index in [2.05, 4.69) is 16.5 Å². The molecule has 1 saturated heterocycles. The van der Waals surface area contributed by atoms with Gasteiger partial charge in [-0.1, -0.05) is 12.1 Å². The number of nitrogens with one attached hydrogen (secondary N) is 1. The summed E-state index contributed by atoms with van der Waals surface area (Å²) in [7, 11) is 0. The van der Waals surface area contributed by atoms with Crippen molar-refractivity contribution in [2.45, 2.75) is 58.0 Å². The second kappa shape index (κ2) is 7.44. The Bertz CT molecular complexity index is 807. The van der Waals surface area contributed by atoms with Gasteiger partial charge in [0.2, 0.25) is 0 Å². The van der Waals surface area contributed by atoms with Gasteiger partial charge in [-0.3, -0.25) is 9.48 Å². The minimum absolute atomic E-state index is 0.0580. The zero-order valence-corrected chi connectivity index (χ0v) is 16.0. The van der Waals surface area contributed by atoms with E-state index in [1.54, 1.807) is 0 Å². The average molecular weight is 369 g/mol. The van der Waals surface area contributed by atoms with E-state index in [4.69, 9.17) is 9.47 Å². The maximum Gasteiger partial charge on any atom is 0.251 e. The van der Waals surface area contributed by atoms with E-state index >= 15 is 0 Å². The molecule has 2 fully saturated rings. The highest BCUT2D eigenvalue weighted by Crippen LogP contribution is 2.38. The van der Waals surface area contributed by atoms with Gasteiger partial charge in [0.15, 0.2) is 5.79 Å². The van der Waals surface area contributed by atoms with Crippen LogP contribution in [0.5, 0.6) is 0 Å². The summed E-state index contributed by atoms with van der Waals surface area (Å²) in [5, 5.41) is 7.45. The SMILES string of the molecule is Cc1cc(C)n(Cc2ccc(C(=O)NC[C@@H]3COC4(CCCC4)O3)cc2)n1. The van der Waals surface area contributed by atoms with Gasteiger partial charge in [0.1, 0.15) is 6.10 Å². The van der Waals surface area contributed by atoms with E-state index in [0.29, 0.717) is 25.3 Å². The molecule has 0 unspecified atom stereocenters. The van der Waals surface area contributed by atoms with Gasteiger partial charge >= 0.3 is 0 Å². The lowest BCUT2D eigenvalue weighted by Crippen LogP contribution is -2.35. The number of aromatic nitrogens is 2. The first-order valence-corrected chi connectivity index (χ1v) is 9.73. The van der Waals surface area contributed by atoms with Gasteiger partial charge in [-0.2, -0.15) is 5.10 Å². The maximum absolute atomic E-state index is 12.4. The Hall–Kier alpha value is -2.18. The molecule has 0 bridgehead atoms. The first kappa shape index (κ1) is 18.2. The second-order valence-corrected chi connectivity index (χ2v) is 7.66. The second-order valence-electron chi connectivity index (χ2n) is 7.66. The Labute approximate surface area is 159 Å². The number of carbonyl (C=O) groups excluding carboxylic acids is 1. The van der Waals surface area contributed by atoms with Crippen LogP contribution in [0.1, 0.15) is 53.0 Å². The molecule has 2 aromatic rings. The third-order valence-electron chi connectivity index (χ3n) is 5.42. The zero-order valence-electron chi connectivity index (χ0n) is 16.0. The number of ether oxygens (including phenoxy) is 2. The molecule has 1 aliphatic carbocycles. The molecule has 6 nitrogen and oxygen atoms in total. The van der Waals surface area contributed by atoms with E-state index < -0.39 is 0 Å². The number of hydrogen-bond acceptors (Lipinski definition) is 4. The van der Waals surface area contributed by atoms with Crippen molar-refractivity contribution in [3.8, 4) is 0 Å². The fourth-order valence-electron chi connectivity index (χ4n) is 3.97. The monoisotopic (exact) mass is 369 g/mol. The van der Waals surface area contributed by atoms with Gasteiger partial charge in [-0.25, -0.2) is 0 Å². The molecule has 1 aromatic carbocycles. The number of benzene rings is 1. The Morgan fingerprint density at radius 2 is 2.00 bits per heavy atom. The standard InChI is InChI=1S/C21H27N3O3/c1-15-11-16(2)24(23-15)13-17-5-7-18(8-6-17)20(25)22-12-19-14-26-21(27-19)9-3-4-10-21/h5-8,11,19H,3-4,9-10,12-14H2,1-2H3,(H,22,25)/t19-/m1/s1. The quantitative estimate of drug-likeness (QED) is 0.880. The Morgan fingerprint density at radius 3 is 2.67 bits per heavy atom. The Morgan fingerprint density at radius 1 is 1.26 bits per heavy atom. The Balaban J connectivity index is 1.29. The fourth-order valence-corrected chi connectivity index (χ4v) is 3.97. The molecule has 1 aliphatic heterocycles. The fraction of sp³-hybridized carbons (Fsp3) is 0.524. The summed E-state index contributed by atoms with van der Waals surface area (Å²) in [6.07, 6.45) is 4.19. The lowest BCUT2D eigenvalue weighted by molar-refractivity contribution is -0.161. The molecule has 1 N–H and O–H groups in total. The highest BCUT2D eigenvalue weighted by molar-refractivity contribution is 5.94. The number of carbonyl (C=O) groups is 1. The number of aryl methyl sites for hydroxylation is 2. The van der Waals surface area contributed by atoms with Crippen molar-refractivity contribution in [3.05, 3.63) is 52.8 Å². The molecule has 1 saturated carbocycles. The topological polar surface area (TPSA) is 65.4 Å². The summed E-state index contributed by atoms with van der Waals surface area (Å²) in [6, 6.07) is 9.75. The van der Waals surface area contributed by atoms with Crippen LogP contribution in [0.3, 0.4) is 0 Å². The van der Waals surface area contributed by atoms with E-state index in [0.717, 1.165) is 42.6 Å². The van der Waals surface area contributed by atoms with Crippen LogP contribution in [0.2, 0.25) is 0 Å². The zero-order chi connectivity index (χ0) is 18.9. The number of hydrogen-bond donors (Lipinski definition) is 1. The van der Waals surface area contributed by atoms with Crippen molar-refractivity contribution in [2.75, 3.05) is 13.2 Å². The minimum Gasteiger partial charge on any atom is -0.349 e. The normalized spacial score (nSPS) is 21.0. The molecule has 144 valence electrons. The molecule has 1 atom stereocenters. The first-order chi connectivity index (χ1) is 13.0. The van der Waals surface area contributed by atoms with Crippen molar-refractivity contribution in [3.63, 3.8) is 0 Å². The van der Waals surface area contributed by atoms with Crippen LogP contribution < -0.4 is 5.32 Å². The van der Waals surface area contributed by atoms with E-state index in [9.17, 15) is 4.79 Å². The summed E-state index contributed by atoms with van der Waals surface area (Å²) in [5.74, 6) is -0.455. The molecule has 27 heavy (non-hydrogen) atoms. The summed E-state index contributed by atoms with van der Waals surface area (Å²) >= 11 is 0. The van der Waals surface area contributed by atoms with Crippen molar-refractivity contribution in [1.29, 1.82) is 0 Å². The van der Waals surface area contributed by atoms with E-state index in [1.165, 1.54) is 0 Å². The van der Waals surface area contributed by atoms with E-state index in [-0.39, 0.29) is 17.8 Å². The third-order valence-corrected chi connectivity index (χ3v) is 5.42. The minimum atomic E-state index is -0.375. The summed E-state index contributed by atoms with van der Waals surface area (Å²) < 4.78 is 13.9. The largest absolute Gasteiger partial charge is 0.349 e. The van der Waals surface area contributed by atoms with Crippen LogP contribution in [0.25, 0.3) is 0 Å². The predicted octanol–water partition coefficient (Wildman–Crippen LogP) is 2.96. The molecular weight excluding hydrogens is 342 g/mol. The lowest BCUT2D eigenvalue weighted by atomic mass is 10.1. The van der Waals surface area contributed by atoms with Gasteiger partial charge in [-0.05, 0) is 50.5 Å². The molecule has 6 heteroatoms. The van der Waals surface area contributed by atoms with Crippen LogP contribution in [0.4, 0.5) is 0 Å². The highest BCUT2D eigenvalue weighted by Gasteiger charge is 2.43. The number of nitrogens with zero attached hydrogens (tertiary/aromatic N) is 2. The summed E-state index contributed by atoms with van der Waals surface area (Å²) in [6.45, 7) is 5.78. The first-order valence-electron chi connectivity index (χ1n) is 9.73. The highest BCUT2D eigenvalue weighted by atomic mass is 16.7. The van der Waals surface area contributed by atoms with Crippen molar-refractivity contribution < 1.29 is 14.3 Å². The van der Waals surface area contributed by atoms with Crippen LogP contribution in [-0.2, 0) is 16.0 Å². The molecule has 1 aromatic heterocycles. The van der Waals surface area contributed by atoms with Gasteiger partial charge in [-0.15, -0.1) is 0 Å². The predicted molar refractivity (Wildman–Crippen MR) is 102 cm³/mol. The molecule has 1 amide bonds. The van der Waals surface area contributed by atoms with Crippen LogP contribution in [0, 0.1) is 13.8 Å². The number of rotatable bonds is 5. The summed E-state index contributed by atoms with van der Waals surface area (Å²) in [4.78, 5) is 12.4. The van der Waals surface area contributed by atoms with Crippen LogP contribution >= 0.6 is 0 Å². The number of amides is 1. The van der Waals surface area contributed by atoms with Gasteiger partial charge in [0.25, 0.3) is 5.91 Å². The molecule has 2 heterocycles. The Kier molecular flexibility index (Phi) is 5.02. The third kappa shape index (κ3) is 4.06.